The molecule has 180 valence electrons. The topological polar surface area (TPSA) is 114 Å². The van der Waals surface area contributed by atoms with Gasteiger partial charge in [0, 0.05) is 38.2 Å². The van der Waals surface area contributed by atoms with E-state index in [9.17, 15) is 14.4 Å². The van der Waals surface area contributed by atoms with Crippen molar-refractivity contribution in [2.45, 2.75) is 12.8 Å². The van der Waals surface area contributed by atoms with Gasteiger partial charge in [0.15, 0.2) is 5.69 Å². The normalized spacial score (nSPS) is 15.7. The van der Waals surface area contributed by atoms with Crippen LogP contribution in [0.1, 0.15) is 34.5 Å². The highest BCUT2D eigenvalue weighted by Gasteiger charge is 2.39. The number of nitrogens with one attached hydrogen (secondary N) is 1. The van der Waals surface area contributed by atoms with Gasteiger partial charge in [-0.25, -0.2) is 4.79 Å². The summed E-state index contributed by atoms with van der Waals surface area (Å²) in [4.78, 5) is 38.3. The summed E-state index contributed by atoms with van der Waals surface area (Å²) in [5, 5.41) is 16.0. The first-order chi connectivity index (χ1) is 16.8. The van der Waals surface area contributed by atoms with Crippen molar-refractivity contribution in [1.82, 2.24) is 14.7 Å². The summed E-state index contributed by atoms with van der Waals surface area (Å²) in [5.74, 6) is -1.93. The van der Waals surface area contributed by atoms with Crippen LogP contribution in [0.15, 0.2) is 54.7 Å². The monoisotopic (exact) mass is 474 g/mol. The van der Waals surface area contributed by atoms with Gasteiger partial charge >= 0.3 is 12.1 Å². The van der Waals surface area contributed by atoms with Crippen LogP contribution in [-0.4, -0.2) is 57.5 Å². The van der Waals surface area contributed by atoms with Gasteiger partial charge in [0.2, 0.25) is 0 Å². The lowest BCUT2D eigenvalue weighted by molar-refractivity contribution is -0.144. The first kappa shape index (κ1) is 22.6. The van der Waals surface area contributed by atoms with Gasteiger partial charge in [-0.3, -0.25) is 19.6 Å². The number of fused-ring (bicyclic) bond motifs is 3. The minimum atomic E-state index is -0.877. The van der Waals surface area contributed by atoms with Crippen molar-refractivity contribution in [3.05, 3.63) is 71.5 Å². The average Bonchev–Trinajstić information content (AvgIpc) is 3.33. The van der Waals surface area contributed by atoms with E-state index in [0.717, 1.165) is 22.3 Å². The second-order valence-electron chi connectivity index (χ2n) is 9.11. The number of hydrogen-bond acceptors (Lipinski definition) is 5. The number of rotatable bonds is 6. The second kappa shape index (κ2) is 8.90. The van der Waals surface area contributed by atoms with Crippen LogP contribution in [0.2, 0.25) is 0 Å². The van der Waals surface area contributed by atoms with Gasteiger partial charge in [0.1, 0.15) is 6.61 Å². The third kappa shape index (κ3) is 4.14. The van der Waals surface area contributed by atoms with E-state index in [4.69, 9.17) is 9.84 Å². The molecule has 9 nitrogen and oxygen atoms in total. The van der Waals surface area contributed by atoms with Gasteiger partial charge in [0.05, 0.1) is 11.6 Å². The summed E-state index contributed by atoms with van der Waals surface area (Å²) >= 11 is 0. The van der Waals surface area contributed by atoms with Crippen molar-refractivity contribution in [2.75, 3.05) is 25.0 Å². The van der Waals surface area contributed by atoms with Crippen molar-refractivity contribution < 1.29 is 24.2 Å². The van der Waals surface area contributed by atoms with E-state index in [2.05, 4.69) is 22.5 Å². The number of likely N-dealkylation sites (tertiary alicyclic amines) is 1. The molecule has 1 aliphatic carbocycles. The highest BCUT2D eigenvalue weighted by Crippen LogP contribution is 2.44. The molecule has 0 radical (unpaired) electrons. The molecule has 2 heterocycles. The Morgan fingerprint density at radius 2 is 1.69 bits per heavy atom. The number of carbonyl (C=O) groups excluding carboxylic acids is 2. The second-order valence-corrected chi connectivity index (χ2v) is 9.11. The number of benzene rings is 2. The smallest absolute Gasteiger partial charge is 0.411 e. The summed E-state index contributed by atoms with van der Waals surface area (Å²) in [7, 11) is 1.66. The van der Waals surface area contributed by atoms with Gasteiger partial charge in [-0.15, -0.1) is 0 Å². The summed E-state index contributed by atoms with van der Waals surface area (Å²) in [6.45, 7) is 2.48. The standard InChI is InChI=1S/C26H26N4O5/c1-15(25(32)33)16-11-30(12-16)24(31)23-22(13-29(2)28-23)27-26(34)35-14-21-19-9-5-3-7-17(19)18-8-4-6-10-20(18)21/h3-10,13,15-16,21H,11-12,14H2,1-2H3,(H,27,34)(H,32,33). The first-order valence-electron chi connectivity index (χ1n) is 11.5. The lowest BCUT2D eigenvalue weighted by atomic mass is 9.87. The van der Waals surface area contributed by atoms with Gasteiger partial charge in [-0.05, 0) is 22.3 Å². The molecular weight excluding hydrogens is 448 g/mol. The molecule has 1 saturated heterocycles. The van der Waals surface area contributed by atoms with Crippen molar-refractivity contribution in [3.8, 4) is 11.1 Å². The van der Waals surface area contributed by atoms with Gasteiger partial charge in [0.25, 0.3) is 5.91 Å². The van der Waals surface area contributed by atoms with E-state index >= 15 is 0 Å². The number of ether oxygens (including phenoxy) is 1. The molecule has 1 aromatic heterocycles. The molecule has 9 heteroatoms. The van der Waals surface area contributed by atoms with Crippen LogP contribution in [0.3, 0.4) is 0 Å². The van der Waals surface area contributed by atoms with Gasteiger partial charge < -0.3 is 14.7 Å². The average molecular weight is 475 g/mol. The summed E-state index contributed by atoms with van der Waals surface area (Å²) < 4.78 is 7.03. The van der Waals surface area contributed by atoms with Crippen LogP contribution in [0.4, 0.5) is 10.5 Å². The number of aliphatic carboxylic acids is 1. The lowest BCUT2D eigenvalue weighted by Crippen LogP contribution is -2.53. The minimum absolute atomic E-state index is 0.0719. The van der Waals surface area contributed by atoms with Crippen LogP contribution in [0.5, 0.6) is 0 Å². The zero-order valence-corrected chi connectivity index (χ0v) is 19.5. The quantitative estimate of drug-likeness (QED) is 0.565. The Kier molecular flexibility index (Phi) is 5.76. The summed E-state index contributed by atoms with van der Waals surface area (Å²) in [6, 6.07) is 16.2. The Morgan fingerprint density at radius 3 is 2.29 bits per heavy atom. The molecule has 2 aromatic carbocycles. The third-order valence-electron chi connectivity index (χ3n) is 6.91. The zero-order chi connectivity index (χ0) is 24.7. The molecule has 1 unspecified atom stereocenters. The van der Waals surface area contributed by atoms with Crippen molar-refractivity contribution in [1.29, 1.82) is 0 Å². The van der Waals surface area contributed by atoms with Gasteiger partial charge in [-0.1, -0.05) is 55.5 Å². The highest BCUT2D eigenvalue weighted by atomic mass is 16.5. The molecule has 2 aliphatic rings. The Bertz CT molecular complexity index is 1270. The fourth-order valence-electron chi connectivity index (χ4n) is 4.83. The zero-order valence-electron chi connectivity index (χ0n) is 19.5. The molecule has 1 atom stereocenters. The molecule has 0 saturated carbocycles. The molecule has 2 amide bonds. The van der Waals surface area contributed by atoms with Crippen LogP contribution >= 0.6 is 0 Å². The van der Waals surface area contributed by atoms with Crippen LogP contribution in [0.25, 0.3) is 11.1 Å². The van der Waals surface area contributed by atoms with E-state index in [0.29, 0.717) is 13.1 Å². The molecule has 0 bridgehead atoms. The van der Waals surface area contributed by atoms with E-state index < -0.39 is 18.0 Å². The number of carbonyl (C=O) groups is 3. The van der Waals surface area contributed by atoms with Gasteiger partial charge in [-0.2, -0.15) is 5.10 Å². The molecule has 3 aromatic rings. The number of amides is 2. The number of nitrogens with zero attached hydrogens (tertiary/aromatic N) is 3. The third-order valence-corrected chi connectivity index (χ3v) is 6.91. The number of aryl methyl sites for hydroxylation is 1. The predicted octanol–water partition coefficient (Wildman–Crippen LogP) is 3.57. The Balaban J connectivity index is 1.24. The number of anilines is 1. The molecule has 35 heavy (non-hydrogen) atoms. The fourth-order valence-corrected chi connectivity index (χ4v) is 4.83. The molecular formula is C26H26N4O5. The summed E-state index contributed by atoms with van der Waals surface area (Å²) in [6.07, 6.45) is 0.876. The van der Waals surface area contributed by atoms with Crippen LogP contribution in [0, 0.1) is 11.8 Å². The Labute approximate surface area is 202 Å². The Hall–Kier alpha value is -4.14. The minimum Gasteiger partial charge on any atom is -0.481 e. The maximum atomic E-state index is 12.9. The molecule has 1 fully saturated rings. The van der Waals surface area contributed by atoms with Crippen LogP contribution in [-0.2, 0) is 16.6 Å². The van der Waals surface area contributed by atoms with Crippen molar-refractivity contribution >= 4 is 23.7 Å². The Morgan fingerprint density at radius 1 is 1.09 bits per heavy atom. The van der Waals surface area contributed by atoms with Crippen LogP contribution < -0.4 is 5.32 Å². The fraction of sp³-hybridized carbons (Fsp3) is 0.308. The molecule has 2 N–H and O–H groups in total. The molecule has 5 rings (SSSR count). The SMILES string of the molecule is CC(C(=O)O)C1CN(C(=O)c2nn(C)cc2NC(=O)OCC2c3ccccc3-c3ccccc32)C1. The van der Waals surface area contributed by atoms with E-state index in [1.54, 1.807) is 20.2 Å². The van der Waals surface area contributed by atoms with E-state index in [1.165, 1.54) is 9.58 Å². The van der Waals surface area contributed by atoms with E-state index in [1.807, 2.05) is 36.4 Å². The number of carboxylic acids is 1. The number of aromatic nitrogens is 2. The number of hydrogen-bond donors (Lipinski definition) is 2. The molecule has 1 aliphatic heterocycles. The predicted molar refractivity (Wildman–Crippen MR) is 128 cm³/mol. The van der Waals surface area contributed by atoms with E-state index in [-0.39, 0.29) is 35.7 Å². The maximum absolute atomic E-state index is 12.9. The number of carboxylic acid groups (broad SMARTS) is 1. The largest absolute Gasteiger partial charge is 0.481 e. The van der Waals surface area contributed by atoms with Crippen molar-refractivity contribution in [3.63, 3.8) is 0 Å². The lowest BCUT2D eigenvalue weighted by Gasteiger charge is -2.40. The summed E-state index contributed by atoms with van der Waals surface area (Å²) in [5.41, 5.74) is 4.86. The highest BCUT2D eigenvalue weighted by molar-refractivity contribution is 6.01. The van der Waals surface area contributed by atoms with Crippen molar-refractivity contribution in [2.24, 2.45) is 18.9 Å². The first-order valence-corrected chi connectivity index (χ1v) is 11.5. The maximum Gasteiger partial charge on any atom is 0.411 e. The molecule has 0 spiro atoms.